The van der Waals surface area contributed by atoms with Crippen LogP contribution in [-0.4, -0.2) is 16.8 Å². The molecule has 1 aromatic carbocycles. The molecule has 106 valence electrons. The van der Waals surface area contributed by atoms with Crippen LogP contribution in [0.5, 0.6) is 0 Å². The Morgan fingerprint density at radius 1 is 1.35 bits per heavy atom. The summed E-state index contributed by atoms with van der Waals surface area (Å²) >= 11 is 1.67. The Hall–Kier alpha value is -1.81. The number of anilines is 1. The Morgan fingerprint density at radius 2 is 2.10 bits per heavy atom. The van der Waals surface area contributed by atoms with Gasteiger partial charge in [0.25, 0.3) is 5.91 Å². The molecule has 2 N–H and O–H groups in total. The molecule has 3 nitrogen and oxygen atoms in total. The maximum absolute atomic E-state index is 12.7. The van der Waals surface area contributed by atoms with Crippen molar-refractivity contribution in [3.05, 3.63) is 51.7 Å². The van der Waals surface area contributed by atoms with Crippen molar-refractivity contribution in [2.45, 2.75) is 33.4 Å². The van der Waals surface area contributed by atoms with Gasteiger partial charge in [-0.05, 0) is 56.0 Å². The van der Waals surface area contributed by atoms with Crippen LogP contribution in [0.4, 0.5) is 5.69 Å². The second kappa shape index (κ2) is 6.09. The molecule has 1 aromatic heterocycles. The lowest BCUT2D eigenvalue weighted by Crippen LogP contribution is -2.36. The fourth-order valence-corrected chi connectivity index (χ4v) is 2.84. The van der Waals surface area contributed by atoms with E-state index < -0.39 is 0 Å². The number of carbonyl (C=O) groups excluding carboxylic acids is 1. The van der Waals surface area contributed by atoms with E-state index in [1.165, 1.54) is 4.88 Å². The highest BCUT2D eigenvalue weighted by Gasteiger charge is 2.20. The molecule has 0 aliphatic rings. The largest absolute Gasteiger partial charge is 0.399 e. The first-order chi connectivity index (χ1) is 9.49. The number of nitrogen functional groups attached to an aromatic ring is 1. The number of nitrogens with zero attached hydrogens (tertiary/aromatic N) is 1. The number of benzene rings is 1. The Morgan fingerprint density at radius 3 is 2.65 bits per heavy atom. The molecule has 0 aliphatic heterocycles. The fourth-order valence-electron chi connectivity index (χ4n) is 2.14. The third kappa shape index (κ3) is 3.20. The summed E-state index contributed by atoms with van der Waals surface area (Å²) < 4.78 is 0. The molecule has 0 aliphatic carbocycles. The standard InChI is InChI=1S/C16H20N2OS/c1-11(2)18(10-14-5-4-8-20-14)16(19)15-7-6-13(17)9-12(15)3/h4-9,11H,10,17H2,1-3H3. The van der Waals surface area contributed by atoms with E-state index in [-0.39, 0.29) is 11.9 Å². The van der Waals surface area contributed by atoms with E-state index in [1.807, 2.05) is 49.3 Å². The number of rotatable bonds is 4. The third-order valence-corrected chi connectivity index (χ3v) is 4.13. The van der Waals surface area contributed by atoms with Crippen LogP contribution < -0.4 is 5.73 Å². The molecule has 0 unspecified atom stereocenters. The molecule has 0 bridgehead atoms. The van der Waals surface area contributed by atoms with Crippen LogP contribution in [0.15, 0.2) is 35.7 Å². The molecular formula is C16H20N2OS. The minimum atomic E-state index is 0.0610. The molecule has 0 saturated carbocycles. The number of carbonyl (C=O) groups is 1. The van der Waals surface area contributed by atoms with Crippen molar-refractivity contribution < 1.29 is 4.79 Å². The number of thiophene rings is 1. The number of hydrogen-bond donors (Lipinski definition) is 1. The quantitative estimate of drug-likeness (QED) is 0.872. The van der Waals surface area contributed by atoms with E-state index in [0.717, 1.165) is 11.1 Å². The average molecular weight is 288 g/mol. The van der Waals surface area contributed by atoms with Gasteiger partial charge >= 0.3 is 0 Å². The molecule has 0 radical (unpaired) electrons. The molecule has 1 amide bonds. The van der Waals surface area contributed by atoms with Gasteiger partial charge in [0.05, 0.1) is 6.54 Å². The summed E-state index contributed by atoms with van der Waals surface area (Å²) in [6, 6.07) is 9.67. The monoisotopic (exact) mass is 288 g/mol. The van der Waals surface area contributed by atoms with Gasteiger partial charge in [-0.25, -0.2) is 0 Å². The normalized spacial score (nSPS) is 10.8. The molecule has 2 aromatic rings. The summed E-state index contributed by atoms with van der Waals surface area (Å²) in [6.45, 7) is 6.65. The van der Waals surface area contributed by atoms with E-state index >= 15 is 0 Å². The summed E-state index contributed by atoms with van der Waals surface area (Å²) in [7, 11) is 0. The molecule has 0 spiro atoms. The molecule has 0 saturated heterocycles. The van der Waals surface area contributed by atoms with Gasteiger partial charge in [0.2, 0.25) is 0 Å². The second-order valence-electron chi connectivity index (χ2n) is 5.18. The van der Waals surface area contributed by atoms with Crippen LogP contribution in [0.25, 0.3) is 0 Å². The highest BCUT2D eigenvalue weighted by molar-refractivity contribution is 7.09. The van der Waals surface area contributed by atoms with Gasteiger partial charge in [0, 0.05) is 22.2 Å². The Kier molecular flexibility index (Phi) is 4.45. The zero-order valence-electron chi connectivity index (χ0n) is 12.1. The van der Waals surface area contributed by atoms with E-state index in [1.54, 1.807) is 17.4 Å². The van der Waals surface area contributed by atoms with Crippen LogP contribution in [0.1, 0.15) is 34.6 Å². The van der Waals surface area contributed by atoms with Crippen molar-refractivity contribution in [3.63, 3.8) is 0 Å². The molecule has 0 fully saturated rings. The SMILES string of the molecule is Cc1cc(N)ccc1C(=O)N(Cc1cccs1)C(C)C. The highest BCUT2D eigenvalue weighted by atomic mass is 32.1. The molecule has 4 heteroatoms. The molecule has 2 rings (SSSR count). The highest BCUT2D eigenvalue weighted by Crippen LogP contribution is 2.20. The van der Waals surface area contributed by atoms with Crippen LogP contribution in [0.3, 0.4) is 0 Å². The number of hydrogen-bond acceptors (Lipinski definition) is 3. The topological polar surface area (TPSA) is 46.3 Å². The number of amides is 1. The number of nitrogens with two attached hydrogens (primary N) is 1. The van der Waals surface area contributed by atoms with Crippen molar-refractivity contribution in [1.29, 1.82) is 0 Å². The van der Waals surface area contributed by atoms with Gasteiger partial charge in [0.1, 0.15) is 0 Å². The summed E-state index contributed by atoms with van der Waals surface area (Å²) in [5, 5.41) is 2.03. The van der Waals surface area contributed by atoms with E-state index in [2.05, 4.69) is 6.07 Å². The second-order valence-corrected chi connectivity index (χ2v) is 6.21. The average Bonchev–Trinajstić information content (AvgIpc) is 2.87. The van der Waals surface area contributed by atoms with Gasteiger partial charge in [-0.15, -0.1) is 11.3 Å². The van der Waals surface area contributed by atoms with Gasteiger partial charge < -0.3 is 10.6 Å². The van der Waals surface area contributed by atoms with Gasteiger partial charge in [-0.1, -0.05) is 6.07 Å². The first kappa shape index (κ1) is 14.6. The maximum Gasteiger partial charge on any atom is 0.254 e. The fraction of sp³-hybridized carbons (Fsp3) is 0.312. The van der Waals surface area contributed by atoms with E-state index in [0.29, 0.717) is 12.2 Å². The molecule has 1 heterocycles. The smallest absolute Gasteiger partial charge is 0.254 e. The Labute approximate surface area is 124 Å². The van der Waals surface area contributed by atoms with Crippen LogP contribution >= 0.6 is 11.3 Å². The number of aryl methyl sites for hydroxylation is 1. The predicted molar refractivity (Wildman–Crippen MR) is 84.9 cm³/mol. The van der Waals surface area contributed by atoms with Crippen molar-refractivity contribution >= 4 is 22.9 Å². The Bertz CT molecular complexity index is 591. The zero-order valence-corrected chi connectivity index (χ0v) is 12.9. The maximum atomic E-state index is 12.7. The summed E-state index contributed by atoms with van der Waals surface area (Å²) in [5.41, 5.74) is 8.09. The van der Waals surface area contributed by atoms with Crippen molar-refractivity contribution in [2.75, 3.05) is 5.73 Å². The Balaban J connectivity index is 2.27. The third-order valence-electron chi connectivity index (χ3n) is 3.27. The molecule has 0 atom stereocenters. The molecule has 20 heavy (non-hydrogen) atoms. The van der Waals surface area contributed by atoms with E-state index in [9.17, 15) is 4.79 Å². The zero-order chi connectivity index (χ0) is 14.7. The minimum Gasteiger partial charge on any atom is -0.399 e. The lowest BCUT2D eigenvalue weighted by Gasteiger charge is -2.27. The molecular weight excluding hydrogens is 268 g/mol. The summed E-state index contributed by atoms with van der Waals surface area (Å²) in [5.74, 6) is 0.0610. The summed E-state index contributed by atoms with van der Waals surface area (Å²) in [4.78, 5) is 15.8. The van der Waals surface area contributed by atoms with Gasteiger partial charge in [0.15, 0.2) is 0 Å². The van der Waals surface area contributed by atoms with Crippen molar-refractivity contribution in [2.24, 2.45) is 0 Å². The minimum absolute atomic E-state index is 0.0610. The van der Waals surface area contributed by atoms with E-state index in [4.69, 9.17) is 5.73 Å². The van der Waals surface area contributed by atoms with Gasteiger partial charge in [-0.2, -0.15) is 0 Å². The first-order valence-corrected chi connectivity index (χ1v) is 7.56. The van der Waals surface area contributed by atoms with Crippen LogP contribution in [-0.2, 0) is 6.54 Å². The lowest BCUT2D eigenvalue weighted by atomic mass is 10.1. The summed E-state index contributed by atoms with van der Waals surface area (Å²) in [6.07, 6.45) is 0. The van der Waals surface area contributed by atoms with Crippen LogP contribution in [0.2, 0.25) is 0 Å². The van der Waals surface area contributed by atoms with Crippen molar-refractivity contribution in [3.8, 4) is 0 Å². The van der Waals surface area contributed by atoms with Gasteiger partial charge in [-0.3, -0.25) is 4.79 Å². The predicted octanol–water partition coefficient (Wildman–Crippen LogP) is 3.69. The van der Waals surface area contributed by atoms with Crippen molar-refractivity contribution in [1.82, 2.24) is 4.90 Å². The lowest BCUT2D eigenvalue weighted by molar-refractivity contribution is 0.0691. The first-order valence-electron chi connectivity index (χ1n) is 6.68. The van der Waals surface area contributed by atoms with Crippen LogP contribution in [0, 0.1) is 6.92 Å².